The quantitative estimate of drug-likeness (QED) is 0.581. The fourth-order valence-electron chi connectivity index (χ4n) is 3.96. The number of hydrogen-bond acceptors (Lipinski definition) is 5. The van der Waals surface area contributed by atoms with Gasteiger partial charge in [-0.25, -0.2) is 4.68 Å². The van der Waals surface area contributed by atoms with Crippen molar-refractivity contribution in [2.24, 2.45) is 0 Å². The number of thioether (sulfide) groups is 1. The van der Waals surface area contributed by atoms with E-state index in [1.807, 2.05) is 30.7 Å². The Morgan fingerprint density at radius 2 is 1.81 bits per heavy atom. The number of carbonyl (C=O) groups is 1. The van der Waals surface area contributed by atoms with E-state index in [0.717, 1.165) is 52.6 Å². The van der Waals surface area contributed by atoms with Crippen molar-refractivity contribution in [1.82, 2.24) is 14.9 Å². The van der Waals surface area contributed by atoms with E-state index in [0.29, 0.717) is 0 Å². The van der Waals surface area contributed by atoms with Crippen LogP contribution in [0, 0.1) is 13.8 Å². The molecule has 0 saturated carbocycles. The summed E-state index contributed by atoms with van der Waals surface area (Å²) >= 11 is 1.47. The average Bonchev–Trinajstić information content (AvgIpc) is 3.14. The van der Waals surface area contributed by atoms with Gasteiger partial charge in [0.05, 0.1) is 6.04 Å². The van der Waals surface area contributed by atoms with E-state index in [1.165, 1.54) is 17.3 Å². The highest BCUT2D eigenvalue weighted by Crippen LogP contribution is 2.38. The van der Waals surface area contributed by atoms with Crippen LogP contribution in [0.15, 0.2) is 47.6 Å². The maximum atomic E-state index is 13.4. The monoisotopic (exact) mass is 435 g/mol. The summed E-state index contributed by atoms with van der Waals surface area (Å²) < 4.78 is 1.95. The minimum absolute atomic E-state index is 0.0432. The standard InChI is InChI=1S/C24H29N5OS/c1-5-7-20-26-27-24-29(20)28-21(18-10-8-17(6-2)9-11-18)22(31-24)23(30)25-19-13-15(3)12-16(4)14-19/h8-14,21-22,28H,5-7H2,1-4H3,(H,25,30). The van der Waals surface area contributed by atoms with Crippen molar-refractivity contribution in [1.29, 1.82) is 0 Å². The third kappa shape index (κ3) is 4.61. The average molecular weight is 436 g/mol. The summed E-state index contributed by atoms with van der Waals surface area (Å²) in [6.07, 6.45) is 2.80. The first-order chi connectivity index (χ1) is 15.0. The van der Waals surface area contributed by atoms with Gasteiger partial charge in [-0.1, -0.05) is 55.9 Å². The number of fused-ring (bicyclic) bond motifs is 1. The fourth-order valence-corrected chi connectivity index (χ4v) is 5.05. The highest BCUT2D eigenvalue weighted by atomic mass is 32.2. The molecule has 0 bridgehead atoms. The fraction of sp³-hybridized carbons (Fsp3) is 0.375. The number of hydrogen-bond donors (Lipinski definition) is 2. The first-order valence-corrected chi connectivity index (χ1v) is 11.7. The van der Waals surface area contributed by atoms with Crippen LogP contribution in [0.25, 0.3) is 0 Å². The van der Waals surface area contributed by atoms with E-state index in [-0.39, 0.29) is 17.2 Å². The lowest BCUT2D eigenvalue weighted by Gasteiger charge is -2.33. The molecule has 0 saturated heterocycles. The van der Waals surface area contributed by atoms with Crippen molar-refractivity contribution in [2.45, 2.75) is 63.4 Å². The number of carbonyl (C=O) groups excluding carboxylic acids is 1. The maximum Gasteiger partial charge on any atom is 0.240 e. The molecule has 0 aliphatic carbocycles. The zero-order chi connectivity index (χ0) is 22.0. The molecular weight excluding hydrogens is 406 g/mol. The van der Waals surface area contributed by atoms with Gasteiger partial charge in [-0.2, -0.15) is 0 Å². The van der Waals surface area contributed by atoms with Crippen molar-refractivity contribution >= 4 is 23.4 Å². The van der Waals surface area contributed by atoms with E-state index in [9.17, 15) is 4.79 Å². The first-order valence-electron chi connectivity index (χ1n) is 10.8. The number of benzene rings is 2. The summed E-state index contributed by atoms with van der Waals surface area (Å²) in [5, 5.41) is 12.1. The van der Waals surface area contributed by atoms with Crippen LogP contribution in [-0.4, -0.2) is 26.0 Å². The molecule has 2 aromatic carbocycles. The second kappa shape index (κ2) is 9.14. The van der Waals surface area contributed by atoms with Crippen molar-refractivity contribution < 1.29 is 4.79 Å². The Kier molecular flexibility index (Phi) is 6.32. The van der Waals surface area contributed by atoms with Gasteiger partial charge in [-0.15, -0.1) is 10.2 Å². The summed E-state index contributed by atoms with van der Waals surface area (Å²) in [4.78, 5) is 13.4. The lowest BCUT2D eigenvalue weighted by molar-refractivity contribution is -0.116. The molecule has 0 radical (unpaired) electrons. The molecule has 2 heterocycles. The molecule has 6 nitrogen and oxygen atoms in total. The highest BCUT2D eigenvalue weighted by Gasteiger charge is 2.37. The van der Waals surface area contributed by atoms with Crippen LogP contribution < -0.4 is 10.7 Å². The molecule has 3 aromatic rings. The lowest BCUT2D eigenvalue weighted by Crippen LogP contribution is -2.41. The Labute approximate surface area is 187 Å². The number of aryl methyl sites for hydroxylation is 4. The number of nitrogens with zero attached hydrogens (tertiary/aromatic N) is 3. The van der Waals surface area contributed by atoms with Crippen LogP contribution in [0.3, 0.4) is 0 Å². The predicted octanol–water partition coefficient (Wildman–Crippen LogP) is 4.81. The lowest BCUT2D eigenvalue weighted by atomic mass is 10.0. The normalized spacial score (nSPS) is 17.7. The zero-order valence-corrected chi connectivity index (χ0v) is 19.3. The molecule has 162 valence electrons. The van der Waals surface area contributed by atoms with Gasteiger partial charge in [-0.3, -0.25) is 4.79 Å². The molecule has 1 aliphatic heterocycles. The van der Waals surface area contributed by atoms with Crippen LogP contribution in [0.2, 0.25) is 0 Å². The van der Waals surface area contributed by atoms with Crippen molar-refractivity contribution in [3.8, 4) is 0 Å². The Morgan fingerprint density at radius 3 is 2.45 bits per heavy atom. The topological polar surface area (TPSA) is 71.8 Å². The number of anilines is 1. The molecule has 2 atom stereocenters. The Balaban J connectivity index is 1.66. The number of rotatable bonds is 6. The van der Waals surface area contributed by atoms with Crippen LogP contribution in [0.1, 0.15) is 54.4 Å². The van der Waals surface area contributed by atoms with Gasteiger partial charge in [0.15, 0.2) is 5.82 Å². The minimum atomic E-state index is -0.375. The molecule has 0 spiro atoms. The summed E-state index contributed by atoms with van der Waals surface area (Å²) in [5.74, 6) is 0.853. The van der Waals surface area contributed by atoms with Gasteiger partial charge >= 0.3 is 0 Å². The summed E-state index contributed by atoms with van der Waals surface area (Å²) in [6, 6.07) is 14.4. The highest BCUT2D eigenvalue weighted by molar-refractivity contribution is 8.00. The van der Waals surface area contributed by atoms with E-state index in [2.05, 4.69) is 65.1 Å². The molecule has 2 N–H and O–H groups in total. The van der Waals surface area contributed by atoms with Crippen molar-refractivity contribution in [3.63, 3.8) is 0 Å². The smallest absolute Gasteiger partial charge is 0.240 e. The van der Waals surface area contributed by atoms with E-state index in [4.69, 9.17) is 0 Å². The van der Waals surface area contributed by atoms with Crippen molar-refractivity contribution in [3.05, 3.63) is 70.5 Å². The predicted molar refractivity (Wildman–Crippen MR) is 126 cm³/mol. The third-order valence-corrected chi connectivity index (χ3v) is 6.69. The van der Waals surface area contributed by atoms with Gasteiger partial charge in [0, 0.05) is 12.1 Å². The van der Waals surface area contributed by atoms with E-state index in [1.54, 1.807) is 0 Å². The molecule has 0 fully saturated rings. The van der Waals surface area contributed by atoms with Crippen LogP contribution >= 0.6 is 11.8 Å². The SMILES string of the molecule is CCCc1nnc2n1NC(c1ccc(CC)cc1)C(C(=O)Nc1cc(C)cc(C)c1)S2. The summed E-state index contributed by atoms with van der Waals surface area (Å²) in [6.45, 7) is 8.34. The number of aromatic nitrogens is 3. The molecule has 31 heavy (non-hydrogen) atoms. The van der Waals surface area contributed by atoms with Gasteiger partial charge < -0.3 is 10.7 Å². The Morgan fingerprint density at radius 1 is 1.10 bits per heavy atom. The molecule has 1 aromatic heterocycles. The molecule has 4 rings (SSSR count). The Hall–Kier alpha value is -2.80. The Bertz CT molecular complexity index is 1060. The second-order valence-electron chi connectivity index (χ2n) is 8.09. The van der Waals surface area contributed by atoms with Gasteiger partial charge in [0.2, 0.25) is 11.1 Å². The molecule has 7 heteroatoms. The maximum absolute atomic E-state index is 13.4. The van der Waals surface area contributed by atoms with Gasteiger partial charge in [0.1, 0.15) is 5.25 Å². The van der Waals surface area contributed by atoms with Crippen LogP contribution in [0.4, 0.5) is 5.69 Å². The number of amides is 1. The second-order valence-corrected chi connectivity index (χ2v) is 9.20. The van der Waals surface area contributed by atoms with Gasteiger partial charge in [-0.05, 0) is 61.1 Å². The first kappa shape index (κ1) is 21.4. The number of nitrogens with one attached hydrogen (secondary N) is 2. The summed E-state index contributed by atoms with van der Waals surface area (Å²) in [5.41, 5.74) is 8.96. The molecule has 1 amide bonds. The van der Waals surface area contributed by atoms with Gasteiger partial charge in [0.25, 0.3) is 0 Å². The van der Waals surface area contributed by atoms with Crippen LogP contribution in [0.5, 0.6) is 0 Å². The minimum Gasteiger partial charge on any atom is -0.325 e. The van der Waals surface area contributed by atoms with Crippen molar-refractivity contribution in [2.75, 3.05) is 10.7 Å². The molecule has 1 aliphatic rings. The van der Waals surface area contributed by atoms with Crippen LogP contribution in [-0.2, 0) is 17.6 Å². The summed E-state index contributed by atoms with van der Waals surface area (Å²) in [7, 11) is 0. The van der Waals surface area contributed by atoms with E-state index >= 15 is 0 Å². The molecule has 2 unspecified atom stereocenters. The zero-order valence-electron chi connectivity index (χ0n) is 18.5. The largest absolute Gasteiger partial charge is 0.325 e. The third-order valence-electron chi connectivity index (χ3n) is 5.47. The molecular formula is C24H29N5OS. The van der Waals surface area contributed by atoms with E-state index < -0.39 is 0 Å².